The second kappa shape index (κ2) is 6.85. The molecule has 1 aromatic carbocycles. The summed E-state index contributed by atoms with van der Waals surface area (Å²) in [6, 6.07) is 4.42. The van der Waals surface area contributed by atoms with E-state index >= 15 is 0 Å². The molecular weight excluding hydrogens is 349 g/mol. The van der Waals surface area contributed by atoms with Crippen LogP contribution in [-0.2, 0) is 0 Å². The Morgan fingerprint density at radius 2 is 2.25 bits per heavy atom. The van der Waals surface area contributed by atoms with Crippen LogP contribution in [0.2, 0.25) is 5.02 Å². The Bertz CT molecular complexity index is 612. The highest BCUT2D eigenvalue weighted by Crippen LogP contribution is 2.29. The van der Waals surface area contributed by atoms with E-state index in [1.54, 1.807) is 12.1 Å². The fourth-order valence-corrected chi connectivity index (χ4v) is 1.77. The molecule has 0 amide bonds. The number of nitrogens with one attached hydrogen (secondary N) is 1. The monoisotopic (exact) mass is 359 g/mol. The van der Waals surface area contributed by atoms with E-state index in [1.165, 1.54) is 12.3 Å². The van der Waals surface area contributed by atoms with Crippen molar-refractivity contribution >= 4 is 33.5 Å². The zero-order valence-electron chi connectivity index (χ0n) is 10.7. The van der Waals surface area contributed by atoms with Crippen LogP contribution in [-0.4, -0.2) is 16.5 Å². The summed E-state index contributed by atoms with van der Waals surface area (Å²) in [6.07, 6.45) is 2.39. The van der Waals surface area contributed by atoms with Crippen molar-refractivity contribution < 1.29 is 9.13 Å². The lowest BCUT2D eigenvalue weighted by molar-refractivity contribution is 0.457. The van der Waals surface area contributed by atoms with Gasteiger partial charge in [0.05, 0.1) is 10.7 Å². The minimum Gasteiger partial charge on any atom is -0.437 e. The molecule has 4 nitrogen and oxygen atoms in total. The van der Waals surface area contributed by atoms with Crippen molar-refractivity contribution in [3.8, 4) is 11.6 Å². The molecule has 0 atom stereocenters. The number of hydrogen-bond acceptors (Lipinski definition) is 4. The highest BCUT2D eigenvalue weighted by atomic mass is 79.9. The molecule has 1 N–H and O–H groups in total. The zero-order chi connectivity index (χ0) is 14.5. The van der Waals surface area contributed by atoms with E-state index in [0.717, 1.165) is 13.0 Å². The predicted molar refractivity (Wildman–Crippen MR) is 80.0 cm³/mol. The Morgan fingerprint density at radius 3 is 2.95 bits per heavy atom. The van der Waals surface area contributed by atoms with Gasteiger partial charge < -0.3 is 10.1 Å². The molecule has 0 bridgehead atoms. The quantitative estimate of drug-likeness (QED) is 0.843. The predicted octanol–water partition coefficient (Wildman–Crippen LogP) is 4.65. The molecule has 0 radical (unpaired) electrons. The van der Waals surface area contributed by atoms with Crippen molar-refractivity contribution in [3.63, 3.8) is 0 Å². The smallest absolute Gasteiger partial charge is 0.243 e. The van der Waals surface area contributed by atoms with Crippen molar-refractivity contribution in [1.29, 1.82) is 0 Å². The molecule has 2 rings (SSSR count). The van der Waals surface area contributed by atoms with E-state index in [0.29, 0.717) is 16.2 Å². The Morgan fingerprint density at radius 1 is 1.45 bits per heavy atom. The second-order valence-corrected chi connectivity index (χ2v) is 5.21. The average molecular weight is 361 g/mol. The highest BCUT2D eigenvalue weighted by Gasteiger charge is 2.09. The molecule has 106 valence electrons. The minimum absolute atomic E-state index is 0.182. The lowest BCUT2D eigenvalue weighted by atomic mass is 10.3. The molecule has 0 spiro atoms. The molecule has 0 unspecified atom stereocenters. The third kappa shape index (κ3) is 3.80. The summed E-state index contributed by atoms with van der Waals surface area (Å²) in [6.45, 7) is 2.78. The third-order valence-corrected chi connectivity index (χ3v) is 3.25. The summed E-state index contributed by atoms with van der Waals surface area (Å²) < 4.78 is 19.3. The summed E-state index contributed by atoms with van der Waals surface area (Å²) in [4.78, 5) is 8.18. The third-order valence-electron chi connectivity index (χ3n) is 2.35. The SMILES string of the molecule is CCCNc1ncc(Cl)c(Oc2ccc(Br)c(F)c2)n1. The molecule has 0 aliphatic carbocycles. The van der Waals surface area contributed by atoms with Crippen LogP contribution in [0.1, 0.15) is 13.3 Å². The molecule has 20 heavy (non-hydrogen) atoms. The number of anilines is 1. The van der Waals surface area contributed by atoms with Crippen molar-refractivity contribution in [3.05, 3.63) is 39.7 Å². The van der Waals surface area contributed by atoms with E-state index in [1.807, 2.05) is 6.92 Å². The number of aromatic nitrogens is 2. The van der Waals surface area contributed by atoms with Crippen LogP contribution in [0, 0.1) is 5.82 Å². The van der Waals surface area contributed by atoms with Gasteiger partial charge in [0.15, 0.2) is 0 Å². The van der Waals surface area contributed by atoms with Crippen LogP contribution in [0.25, 0.3) is 0 Å². The minimum atomic E-state index is -0.419. The number of halogens is 3. The molecule has 1 heterocycles. The summed E-state index contributed by atoms with van der Waals surface area (Å²) >= 11 is 9.05. The van der Waals surface area contributed by atoms with Gasteiger partial charge in [0.2, 0.25) is 11.8 Å². The largest absolute Gasteiger partial charge is 0.437 e. The van der Waals surface area contributed by atoms with E-state index in [-0.39, 0.29) is 10.9 Å². The molecule has 1 aromatic heterocycles. The maximum atomic E-state index is 13.4. The van der Waals surface area contributed by atoms with Crippen LogP contribution in [0.15, 0.2) is 28.9 Å². The van der Waals surface area contributed by atoms with Crippen molar-refractivity contribution in [1.82, 2.24) is 9.97 Å². The number of ether oxygens (including phenoxy) is 1. The Balaban J connectivity index is 2.20. The Labute approximate surface area is 129 Å². The summed E-state index contributed by atoms with van der Waals surface area (Å²) in [5, 5.41) is 3.29. The number of nitrogens with zero attached hydrogens (tertiary/aromatic N) is 2. The van der Waals surface area contributed by atoms with Gasteiger partial charge in [-0.2, -0.15) is 4.98 Å². The molecule has 0 aliphatic heterocycles. The Kier molecular flexibility index (Phi) is 5.14. The van der Waals surface area contributed by atoms with Crippen LogP contribution in [0.5, 0.6) is 11.6 Å². The molecule has 0 saturated heterocycles. The second-order valence-electron chi connectivity index (χ2n) is 3.95. The normalized spacial score (nSPS) is 10.4. The van der Waals surface area contributed by atoms with Gasteiger partial charge in [-0.25, -0.2) is 9.37 Å². The standard InChI is InChI=1S/C13H12BrClFN3O/c1-2-5-17-13-18-7-10(15)12(19-13)20-8-3-4-9(14)11(16)6-8/h3-4,6-7H,2,5H2,1H3,(H,17,18,19). The van der Waals surface area contributed by atoms with E-state index in [2.05, 4.69) is 31.2 Å². The average Bonchev–Trinajstić information content (AvgIpc) is 2.44. The number of rotatable bonds is 5. The first-order chi connectivity index (χ1) is 9.60. The molecule has 0 saturated carbocycles. The van der Waals surface area contributed by atoms with E-state index < -0.39 is 5.82 Å². The lowest BCUT2D eigenvalue weighted by Gasteiger charge is -2.09. The van der Waals surface area contributed by atoms with Gasteiger partial charge in [-0.3, -0.25) is 0 Å². The first kappa shape index (κ1) is 15.0. The summed E-state index contributed by atoms with van der Waals surface area (Å²) in [5.41, 5.74) is 0. The first-order valence-electron chi connectivity index (χ1n) is 5.99. The fourth-order valence-electron chi connectivity index (χ4n) is 1.40. The van der Waals surface area contributed by atoms with Crippen molar-refractivity contribution in [2.24, 2.45) is 0 Å². The molecule has 2 aromatic rings. The summed E-state index contributed by atoms with van der Waals surface area (Å²) in [7, 11) is 0. The van der Waals surface area contributed by atoms with Gasteiger partial charge in [0.25, 0.3) is 0 Å². The molecule has 7 heteroatoms. The van der Waals surface area contributed by atoms with Crippen molar-refractivity contribution in [2.45, 2.75) is 13.3 Å². The highest BCUT2D eigenvalue weighted by molar-refractivity contribution is 9.10. The van der Waals surface area contributed by atoms with Gasteiger partial charge in [-0.1, -0.05) is 18.5 Å². The lowest BCUT2D eigenvalue weighted by Crippen LogP contribution is -2.04. The topological polar surface area (TPSA) is 47.0 Å². The molecule has 0 aliphatic rings. The first-order valence-corrected chi connectivity index (χ1v) is 7.16. The van der Waals surface area contributed by atoms with Gasteiger partial charge in [-0.05, 0) is 34.5 Å². The van der Waals surface area contributed by atoms with Gasteiger partial charge in [0, 0.05) is 12.6 Å². The van der Waals surface area contributed by atoms with Gasteiger partial charge >= 0.3 is 0 Å². The van der Waals surface area contributed by atoms with E-state index in [9.17, 15) is 4.39 Å². The molecule has 0 fully saturated rings. The van der Waals surface area contributed by atoms with Crippen LogP contribution >= 0.6 is 27.5 Å². The molecular formula is C13H12BrClFN3O. The summed E-state index contributed by atoms with van der Waals surface area (Å²) in [5.74, 6) is 0.496. The Hall–Kier alpha value is -1.40. The number of benzene rings is 1. The maximum Gasteiger partial charge on any atom is 0.243 e. The van der Waals surface area contributed by atoms with Crippen molar-refractivity contribution in [2.75, 3.05) is 11.9 Å². The van der Waals surface area contributed by atoms with Gasteiger partial charge in [0.1, 0.15) is 16.6 Å². The number of hydrogen-bond donors (Lipinski definition) is 1. The fraction of sp³-hybridized carbons (Fsp3) is 0.231. The van der Waals surface area contributed by atoms with Crippen LogP contribution < -0.4 is 10.1 Å². The van der Waals surface area contributed by atoms with Crippen LogP contribution in [0.4, 0.5) is 10.3 Å². The van der Waals surface area contributed by atoms with Gasteiger partial charge in [-0.15, -0.1) is 0 Å². The zero-order valence-corrected chi connectivity index (χ0v) is 13.0. The maximum absolute atomic E-state index is 13.4. The van der Waals surface area contributed by atoms with Crippen LogP contribution in [0.3, 0.4) is 0 Å². The van der Waals surface area contributed by atoms with E-state index in [4.69, 9.17) is 16.3 Å².